The van der Waals surface area contributed by atoms with E-state index in [4.69, 9.17) is 31.0 Å². The lowest BCUT2D eigenvalue weighted by Crippen LogP contribution is -2.36. The van der Waals surface area contributed by atoms with Crippen molar-refractivity contribution >= 4 is 40.0 Å². The Bertz CT molecular complexity index is 1680. The molecule has 2 aromatic heterocycles. The molecule has 2 unspecified atom stereocenters. The first-order valence-corrected chi connectivity index (χ1v) is 16.1. The number of ether oxygens (including phenoxy) is 2. The number of fused-ring (bicyclic) bond motifs is 2. The number of amides is 1. The molecule has 6 rings (SSSR count). The number of aromatic nitrogens is 2. The van der Waals surface area contributed by atoms with Crippen molar-refractivity contribution in [2.45, 2.75) is 72.3 Å². The molecule has 2 atom stereocenters. The van der Waals surface area contributed by atoms with Crippen molar-refractivity contribution in [1.29, 1.82) is 0 Å². The molecule has 45 heavy (non-hydrogen) atoms. The number of benzene rings is 2. The molecule has 1 saturated heterocycles. The standard InChI is InChI=1S/C36H42ClN5O3/c1-22-13-23(2)40-34(44-21-24-9-7-6-8-10-24)31(22)18-39-33-30-16-27(37)17-32(29(30)11-12-38-33)41-28-14-25-19-42(20-26(25)15-28)35(43)45-36(3,4)5/h6-13,16-17,25-26,28,41H,14-15,18-21H2,1-5H3,(H,38,39). The van der Waals surface area contributed by atoms with Gasteiger partial charge in [-0.1, -0.05) is 41.9 Å². The van der Waals surface area contributed by atoms with E-state index in [0.717, 1.165) is 70.6 Å². The van der Waals surface area contributed by atoms with E-state index < -0.39 is 5.60 Å². The largest absolute Gasteiger partial charge is 0.473 e. The molecule has 9 heteroatoms. The summed E-state index contributed by atoms with van der Waals surface area (Å²) in [7, 11) is 0. The molecule has 0 spiro atoms. The Labute approximate surface area is 270 Å². The van der Waals surface area contributed by atoms with Gasteiger partial charge in [-0.15, -0.1) is 0 Å². The summed E-state index contributed by atoms with van der Waals surface area (Å²) in [6.45, 7) is 12.2. The zero-order valence-corrected chi connectivity index (χ0v) is 27.4. The molecule has 2 aromatic carbocycles. The van der Waals surface area contributed by atoms with E-state index in [0.29, 0.717) is 41.9 Å². The maximum Gasteiger partial charge on any atom is 0.410 e. The van der Waals surface area contributed by atoms with Crippen molar-refractivity contribution in [2.24, 2.45) is 11.8 Å². The SMILES string of the molecule is Cc1cc(C)c(CNc2nccc3c(NC4CC5CN(C(=O)OC(C)(C)C)CC5C4)cc(Cl)cc23)c(OCc2ccccc2)n1. The van der Waals surface area contributed by atoms with Crippen LogP contribution in [0.1, 0.15) is 56.0 Å². The zero-order chi connectivity index (χ0) is 31.7. The number of pyridine rings is 2. The Hall–Kier alpha value is -4.04. The second-order valence-corrected chi connectivity index (χ2v) is 13.9. The van der Waals surface area contributed by atoms with Crippen LogP contribution in [0.3, 0.4) is 0 Å². The van der Waals surface area contributed by atoms with Gasteiger partial charge in [0.05, 0.1) is 0 Å². The van der Waals surface area contributed by atoms with Gasteiger partial charge in [0.25, 0.3) is 0 Å². The number of carbonyl (C=O) groups is 1. The minimum Gasteiger partial charge on any atom is -0.473 e. The highest BCUT2D eigenvalue weighted by Crippen LogP contribution is 2.41. The lowest BCUT2D eigenvalue weighted by molar-refractivity contribution is 0.0280. The van der Waals surface area contributed by atoms with Gasteiger partial charge in [0.1, 0.15) is 18.0 Å². The molecule has 3 heterocycles. The summed E-state index contributed by atoms with van der Waals surface area (Å²) in [5.74, 6) is 2.30. The Morgan fingerprint density at radius 3 is 2.47 bits per heavy atom. The zero-order valence-electron chi connectivity index (χ0n) is 26.7. The minimum atomic E-state index is -0.483. The monoisotopic (exact) mass is 627 g/mol. The fourth-order valence-corrected chi connectivity index (χ4v) is 6.90. The number of anilines is 2. The van der Waals surface area contributed by atoms with Gasteiger partial charge >= 0.3 is 6.09 Å². The Balaban J connectivity index is 1.16. The quantitative estimate of drug-likeness (QED) is 0.204. The van der Waals surface area contributed by atoms with E-state index in [1.807, 2.05) is 87.3 Å². The van der Waals surface area contributed by atoms with E-state index in [9.17, 15) is 4.79 Å². The van der Waals surface area contributed by atoms with Crippen molar-refractivity contribution in [3.05, 3.63) is 88.2 Å². The van der Waals surface area contributed by atoms with Gasteiger partial charge in [-0.05, 0) is 94.7 Å². The van der Waals surface area contributed by atoms with Crippen LogP contribution in [-0.2, 0) is 17.9 Å². The van der Waals surface area contributed by atoms with E-state index in [1.165, 1.54) is 0 Å². The topological polar surface area (TPSA) is 88.6 Å². The van der Waals surface area contributed by atoms with Gasteiger partial charge in [-0.2, -0.15) is 0 Å². The minimum absolute atomic E-state index is 0.207. The molecule has 4 aromatic rings. The van der Waals surface area contributed by atoms with Crippen LogP contribution in [-0.4, -0.2) is 45.7 Å². The summed E-state index contributed by atoms with van der Waals surface area (Å²) in [5, 5.41) is 9.99. The van der Waals surface area contributed by atoms with Crippen molar-refractivity contribution in [1.82, 2.24) is 14.9 Å². The predicted molar refractivity (Wildman–Crippen MR) is 180 cm³/mol. The summed E-state index contributed by atoms with van der Waals surface area (Å²) < 4.78 is 11.8. The maximum atomic E-state index is 12.6. The number of hydrogen-bond donors (Lipinski definition) is 2. The third-order valence-corrected chi connectivity index (χ3v) is 8.91. The van der Waals surface area contributed by atoms with Crippen molar-refractivity contribution in [3.63, 3.8) is 0 Å². The second-order valence-electron chi connectivity index (χ2n) is 13.4. The number of carbonyl (C=O) groups excluding carboxylic acids is 1. The van der Waals surface area contributed by atoms with Crippen LogP contribution in [0.25, 0.3) is 10.8 Å². The van der Waals surface area contributed by atoms with E-state index >= 15 is 0 Å². The molecular formula is C36H42ClN5O3. The molecule has 2 aliphatic rings. The molecule has 8 nitrogen and oxygen atoms in total. The van der Waals surface area contributed by atoms with Crippen LogP contribution in [0.5, 0.6) is 5.88 Å². The van der Waals surface area contributed by atoms with Gasteiger partial charge < -0.3 is 25.0 Å². The molecule has 1 aliphatic heterocycles. The average Bonchev–Trinajstić information content (AvgIpc) is 3.54. The lowest BCUT2D eigenvalue weighted by Gasteiger charge is -2.25. The lowest BCUT2D eigenvalue weighted by atomic mass is 10.0. The van der Waals surface area contributed by atoms with Crippen molar-refractivity contribution < 1.29 is 14.3 Å². The average molecular weight is 628 g/mol. The first kappa shape index (κ1) is 31.0. The number of nitrogens with one attached hydrogen (secondary N) is 2. The van der Waals surface area contributed by atoms with E-state index in [1.54, 1.807) is 0 Å². The number of nitrogens with zero attached hydrogens (tertiary/aromatic N) is 3. The second kappa shape index (κ2) is 12.8. The Kier molecular flexibility index (Phi) is 8.78. The van der Waals surface area contributed by atoms with Gasteiger partial charge in [-0.25, -0.2) is 14.8 Å². The predicted octanol–water partition coefficient (Wildman–Crippen LogP) is 8.15. The summed E-state index contributed by atoms with van der Waals surface area (Å²) in [6, 6.07) is 18.5. The first-order valence-electron chi connectivity index (χ1n) is 15.7. The van der Waals surface area contributed by atoms with Crippen LogP contribution in [0.2, 0.25) is 5.02 Å². The summed E-state index contributed by atoms with van der Waals surface area (Å²) >= 11 is 6.68. The van der Waals surface area contributed by atoms with Crippen LogP contribution < -0.4 is 15.4 Å². The van der Waals surface area contributed by atoms with Gasteiger partial charge in [-0.3, -0.25) is 0 Å². The van der Waals surface area contributed by atoms with Gasteiger partial charge in [0, 0.05) is 64.6 Å². The number of hydrogen-bond acceptors (Lipinski definition) is 7. The smallest absolute Gasteiger partial charge is 0.410 e. The molecular weight excluding hydrogens is 586 g/mol. The van der Waals surface area contributed by atoms with Crippen molar-refractivity contribution in [2.75, 3.05) is 23.7 Å². The van der Waals surface area contributed by atoms with Crippen LogP contribution in [0, 0.1) is 25.7 Å². The fourth-order valence-electron chi connectivity index (χ4n) is 6.68. The molecule has 0 bridgehead atoms. The highest BCUT2D eigenvalue weighted by atomic mass is 35.5. The molecule has 2 N–H and O–H groups in total. The molecule has 1 amide bonds. The van der Waals surface area contributed by atoms with Crippen LogP contribution in [0.15, 0.2) is 60.8 Å². The number of rotatable bonds is 8. The van der Waals surface area contributed by atoms with Crippen LogP contribution in [0.4, 0.5) is 16.3 Å². The molecule has 1 aliphatic carbocycles. The number of aryl methyl sites for hydroxylation is 2. The molecule has 2 fully saturated rings. The third kappa shape index (κ3) is 7.28. The highest BCUT2D eigenvalue weighted by molar-refractivity contribution is 6.32. The molecule has 0 radical (unpaired) electrons. The van der Waals surface area contributed by atoms with E-state index in [-0.39, 0.29) is 6.09 Å². The fraction of sp³-hybridized carbons (Fsp3) is 0.417. The Morgan fingerprint density at radius 2 is 1.76 bits per heavy atom. The Morgan fingerprint density at radius 1 is 1.02 bits per heavy atom. The summed E-state index contributed by atoms with van der Waals surface area (Å²) in [6.07, 6.45) is 3.62. The van der Waals surface area contributed by atoms with Gasteiger partial charge in [0.2, 0.25) is 5.88 Å². The number of likely N-dealkylation sites (tertiary alicyclic amines) is 1. The van der Waals surface area contributed by atoms with Crippen LogP contribution >= 0.6 is 11.6 Å². The first-order chi connectivity index (χ1) is 21.5. The third-order valence-electron chi connectivity index (χ3n) is 8.70. The van der Waals surface area contributed by atoms with E-state index in [2.05, 4.69) is 23.6 Å². The summed E-state index contributed by atoms with van der Waals surface area (Å²) in [4.78, 5) is 23.9. The molecule has 1 saturated carbocycles. The highest BCUT2D eigenvalue weighted by Gasteiger charge is 2.43. The molecule has 236 valence electrons. The summed E-state index contributed by atoms with van der Waals surface area (Å²) in [5.41, 5.74) is 4.62. The maximum absolute atomic E-state index is 12.6. The number of halogens is 1. The normalized spacial score (nSPS) is 19.4. The van der Waals surface area contributed by atoms with Gasteiger partial charge in [0.15, 0.2) is 0 Å². The van der Waals surface area contributed by atoms with Crippen molar-refractivity contribution in [3.8, 4) is 5.88 Å².